The lowest BCUT2D eigenvalue weighted by Crippen LogP contribution is -2.04. The number of hydrogen-bond donors (Lipinski definition) is 8. The second-order valence-corrected chi connectivity index (χ2v) is 23.6. The highest BCUT2D eigenvalue weighted by atomic mass is 79.9. The molecule has 24 heteroatoms. The highest BCUT2D eigenvalue weighted by Gasteiger charge is 2.11. The summed E-state index contributed by atoms with van der Waals surface area (Å²) in [6.45, 7) is 2.93. The number of halogens is 1. The number of nitrogen functional groups attached to an aromatic ring is 1. The third-order valence-corrected chi connectivity index (χ3v) is 16.4. The molecular formula is C85H87BrN14O9. The summed E-state index contributed by atoms with van der Waals surface area (Å²) >= 11 is 3.46. The van der Waals surface area contributed by atoms with Gasteiger partial charge in [-0.2, -0.15) is 0 Å². The van der Waals surface area contributed by atoms with Crippen LogP contribution in [0, 0.1) is 36.5 Å². The first-order valence-corrected chi connectivity index (χ1v) is 35.1. The number of nitrogens with zero attached hydrogens (tertiary/aromatic N) is 8. The summed E-state index contributed by atoms with van der Waals surface area (Å²) in [4.78, 5) is 40.4. The van der Waals surface area contributed by atoms with Crippen molar-refractivity contribution in [2.75, 3.05) is 90.5 Å². The average Bonchev–Trinajstić information content (AvgIpc) is 0.892. The van der Waals surface area contributed by atoms with Crippen LogP contribution in [0.5, 0.6) is 34.5 Å². The van der Waals surface area contributed by atoms with Gasteiger partial charge in [0.1, 0.15) is 62.3 Å². The second-order valence-electron chi connectivity index (χ2n) is 22.7. The van der Waals surface area contributed by atoms with Crippen LogP contribution in [0.3, 0.4) is 0 Å². The number of aromatic amines is 1. The minimum atomic E-state index is 0.00708. The van der Waals surface area contributed by atoms with Gasteiger partial charge in [-0.1, -0.05) is 111 Å². The summed E-state index contributed by atoms with van der Waals surface area (Å²) in [6, 6.07) is 56.7. The number of pyridine rings is 7. The van der Waals surface area contributed by atoms with Gasteiger partial charge in [0.25, 0.3) is 0 Å². The van der Waals surface area contributed by atoms with E-state index in [-0.39, 0.29) is 5.43 Å². The zero-order valence-electron chi connectivity index (χ0n) is 61.5. The summed E-state index contributed by atoms with van der Waals surface area (Å²) in [5.74, 6) is 15.6. The van der Waals surface area contributed by atoms with Crippen LogP contribution in [0.4, 0.5) is 22.7 Å². The Morgan fingerprint density at radius 3 is 1.41 bits per heavy atom. The predicted octanol–water partition coefficient (Wildman–Crippen LogP) is 15.6. The maximum absolute atomic E-state index is 11.4. The van der Waals surface area contributed by atoms with Crippen LogP contribution >= 0.6 is 15.9 Å². The van der Waals surface area contributed by atoms with Crippen LogP contribution in [0.25, 0.3) is 54.5 Å². The van der Waals surface area contributed by atoms with E-state index >= 15 is 0 Å². The van der Waals surface area contributed by atoms with Crippen molar-refractivity contribution in [2.24, 2.45) is 16.0 Å². The van der Waals surface area contributed by atoms with Gasteiger partial charge in [-0.3, -0.25) is 29.7 Å². The van der Waals surface area contributed by atoms with Gasteiger partial charge < -0.3 is 71.2 Å². The van der Waals surface area contributed by atoms with E-state index in [4.69, 9.17) is 63.1 Å². The monoisotopic (exact) mass is 1530 g/mol. The largest absolute Gasteiger partial charge is 0.495 e. The zero-order chi connectivity index (χ0) is 77.8. The Morgan fingerprint density at radius 1 is 0.486 bits per heavy atom. The van der Waals surface area contributed by atoms with Crippen molar-refractivity contribution in [3.63, 3.8) is 0 Å². The first kappa shape index (κ1) is 82.8. The summed E-state index contributed by atoms with van der Waals surface area (Å²) in [7, 11) is 9.78. The molecule has 0 fully saturated rings. The Balaban J connectivity index is 0.000000186. The Labute approximate surface area is 642 Å². The Bertz CT molecular complexity index is 5310. The molecule has 0 unspecified atom stereocenters. The van der Waals surface area contributed by atoms with Gasteiger partial charge in [0.05, 0.1) is 77.7 Å². The number of terminal acetylenes is 2. The maximum Gasteiger partial charge on any atom is 0.189 e. The fraction of sp³-hybridized carbons (Fsp3) is 0.188. The van der Waals surface area contributed by atoms with E-state index in [0.29, 0.717) is 66.3 Å². The lowest BCUT2D eigenvalue weighted by atomic mass is 10.1. The molecule has 0 radical (unpaired) electrons. The minimum absolute atomic E-state index is 0.00708. The van der Waals surface area contributed by atoms with Crippen molar-refractivity contribution in [3.8, 4) is 71.0 Å². The highest BCUT2D eigenvalue weighted by molar-refractivity contribution is 9.10. The number of para-hydroxylation sites is 7. The lowest BCUT2D eigenvalue weighted by Gasteiger charge is -2.11. The Kier molecular flexibility index (Phi) is 35.2. The van der Waals surface area contributed by atoms with Crippen LogP contribution < -0.4 is 61.3 Å². The quantitative estimate of drug-likeness (QED) is 0.00827. The van der Waals surface area contributed by atoms with Gasteiger partial charge in [0.15, 0.2) is 5.43 Å². The van der Waals surface area contributed by atoms with Gasteiger partial charge in [-0.05, 0) is 122 Å². The molecule has 109 heavy (non-hydrogen) atoms. The number of benzene rings is 6. The number of rotatable bonds is 21. The smallest absolute Gasteiger partial charge is 0.189 e. The first-order chi connectivity index (χ1) is 53.4. The molecular weight excluding hydrogens is 1440 g/mol. The molecule has 0 amide bonds. The van der Waals surface area contributed by atoms with E-state index in [0.717, 1.165) is 137 Å². The van der Waals surface area contributed by atoms with Gasteiger partial charge >= 0.3 is 0 Å². The van der Waals surface area contributed by atoms with Crippen LogP contribution in [0.1, 0.15) is 54.9 Å². The van der Waals surface area contributed by atoms with Crippen LogP contribution in [0.15, 0.2) is 233 Å². The number of ether oxygens (including phenoxy) is 6. The predicted molar refractivity (Wildman–Crippen MR) is 442 cm³/mol. The molecule has 7 aromatic heterocycles. The topological polar surface area (TPSA) is 319 Å². The van der Waals surface area contributed by atoms with E-state index in [1.54, 1.807) is 97.9 Å². The normalized spacial score (nSPS) is 10.2. The number of aryl methyl sites for hydroxylation is 1. The van der Waals surface area contributed by atoms with E-state index in [1.807, 2.05) is 152 Å². The summed E-state index contributed by atoms with van der Waals surface area (Å²) < 4.78 is 32.3. The number of nitrogens with two attached hydrogens (primary N) is 2. The Morgan fingerprint density at radius 2 is 0.927 bits per heavy atom. The van der Waals surface area contributed by atoms with Gasteiger partial charge in [-0.25, -0.2) is 4.98 Å². The fourth-order valence-electron chi connectivity index (χ4n) is 10.5. The third kappa shape index (κ3) is 25.4. The first-order valence-electron chi connectivity index (χ1n) is 34.3. The lowest BCUT2D eigenvalue weighted by molar-refractivity contribution is 0.321. The zero-order valence-corrected chi connectivity index (χ0v) is 63.0. The van der Waals surface area contributed by atoms with Crippen LogP contribution in [-0.4, -0.2) is 127 Å². The number of methoxy groups -OCH3 is 6. The van der Waals surface area contributed by atoms with Crippen molar-refractivity contribution < 1.29 is 38.8 Å². The molecule has 0 aliphatic heterocycles. The molecule has 13 rings (SSSR count). The van der Waals surface area contributed by atoms with Crippen LogP contribution in [0.2, 0.25) is 0 Å². The number of unbranched alkanes of at least 4 members (excludes halogenated alkanes) is 1. The Hall–Kier alpha value is -13.5. The van der Waals surface area contributed by atoms with Crippen molar-refractivity contribution in [2.45, 2.75) is 38.5 Å². The minimum Gasteiger partial charge on any atom is -0.495 e. The molecule has 0 spiro atoms. The molecule has 0 saturated heterocycles. The van der Waals surface area contributed by atoms with Gasteiger partial charge in [0.2, 0.25) is 0 Å². The molecule has 0 bridgehead atoms. The molecule has 13 aromatic rings. The van der Waals surface area contributed by atoms with E-state index in [9.17, 15) is 4.79 Å². The average molecular weight is 1530 g/mol. The molecule has 0 aliphatic rings. The summed E-state index contributed by atoms with van der Waals surface area (Å²) in [5, 5.41) is 38.1. The second kappa shape index (κ2) is 46.4. The fourth-order valence-corrected chi connectivity index (χ4v) is 11.0. The summed E-state index contributed by atoms with van der Waals surface area (Å²) in [6.07, 6.45) is 26.3. The molecule has 0 saturated carbocycles. The van der Waals surface area contributed by atoms with Crippen LogP contribution in [-0.2, 0) is 6.42 Å². The van der Waals surface area contributed by atoms with Crippen molar-refractivity contribution in [1.29, 1.82) is 0 Å². The molecule has 23 nitrogen and oxygen atoms in total. The number of fused-ring (bicyclic) bond motifs is 5. The SMILES string of the molecule is C#CCCN.C#CCCNc1ccnc2c(OC)cccc12.COc1cccc2c(=O)cc[nH]c12.COc1cccc2c(Br)ccnc12.COc1cccc2c(NCCC#Cc3cccc(/C=N\O)n3)ccnc12.COc1cccc2c(NCCCCc3cccc(/C=N\O)n3)ccnc12.COc1ccccc1N. The highest BCUT2D eigenvalue weighted by Crippen LogP contribution is 2.32. The van der Waals surface area contributed by atoms with Crippen molar-refractivity contribution >= 4 is 106 Å². The van der Waals surface area contributed by atoms with Gasteiger partial charge in [0, 0.05) is 137 Å². The molecule has 0 atom stereocenters. The number of H-pyrrole nitrogens is 1. The maximum atomic E-state index is 11.4. The number of hydrogen-bond acceptors (Lipinski definition) is 22. The third-order valence-electron chi connectivity index (χ3n) is 15.7. The number of oxime groups is 2. The van der Waals surface area contributed by atoms with Crippen molar-refractivity contribution in [3.05, 3.63) is 250 Å². The molecule has 558 valence electrons. The van der Waals surface area contributed by atoms with E-state index in [1.165, 1.54) is 18.5 Å². The number of aromatic nitrogens is 7. The standard InChI is InChI=1S/C20H22N4O2.C20H18N4O2.C14H14N2O.C10H8BrNO.C10H9NO2.C7H9NO.C4H7N/c2*1-26-19-10-5-9-17-18(11-13-22-20(17)19)21-12-3-2-6-15-7-4-8-16(24-15)14-23-25;1-3-4-9-15-12-8-10-16-14-11(12)6-5-7-13(14)17-2;1-13-9-4-2-3-7-8(11)5-6-12-10(7)9;1-13-9-4-2-3-7-8(12)5-6-11-10(7)9;1-9-7-5-3-2-4-6(7)8;1-2-3-4-5/h4-5,7-11,13-14,25H,2-3,6,12H2,1H3,(H,21,22);4-5,7-11,13-14,25H,3,12H2,1H3,(H,21,22);1,5-8,10H,4,9H2,2H3,(H,15,16);2-6H,1H3;2-6H,1H3,(H,11,12);2-5H,8H2,1H3;1H,3-5H2/b2*23-14-;;;;;. The van der Waals surface area contributed by atoms with E-state index in [2.05, 4.69) is 101 Å². The van der Waals surface area contributed by atoms with E-state index < -0.39 is 0 Å². The molecule has 0 aliphatic carbocycles. The summed E-state index contributed by atoms with van der Waals surface area (Å²) in [5.41, 5.74) is 21.3. The molecule has 10 N–H and O–H groups in total. The van der Waals surface area contributed by atoms with Crippen molar-refractivity contribution in [1.82, 2.24) is 34.9 Å². The molecule has 7 heterocycles. The molecule has 6 aromatic carbocycles. The van der Waals surface area contributed by atoms with Gasteiger partial charge in [-0.15, -0.1) is 24.7 Å². The number of nitrogens with one attached hydrogen (secondary N) is 4. The number of anilines is 4.